The predicted molar refractivity (Wildman–Crippen MR) is 96.6 cm³/mol. The molecule has 1 amide bonds. The molecule has 1 aromatic heterocycles. The van der Waals surface area contributed by atoms with Crippen LogP contribution in [-0.4, -0.2) is 28.4 Å². The first-order chi connectivity index (χ1) is 13.0. The Kier molecular flexibility index (Phi) is 4.93. The summed E-state index contributed by atoms with van der Waals surface area (Å²) in [5, 5.41) is 13.7. The summed E-state index contributed by atoms with van der Waals surface area (Å²) in [6.45, 7) is -0.661. The standard InChI is InChI=1S/C18H13N3O6/c22-16-9-12(11-5-1-2-6-13(11)19-16)18(24)27-10-17(23)20-14-7-3-4-8-15(14)21(25)26/h1-9H,10H2,(H,19,22)(H,20,23). The van der Waals surface area contributed by atoms with E-state index in [1.807, 2.05) is 0 Å². The van der Waals surface area contributed by atoms with E-state index < -0.39 is 29.0 Å². The van der Waals surface area contributed by atoms with Crippen molar-refractivity contribution in [2.75, 3.05) is 11.9 Å². The van der Waals surface area contributed by atoms with Crippen LogP contribution < -0.4 is 10.9 Å². The number of anilines is 1. The summed E-state index contributed by atoms with van der Waals surface area (Å²) in [4.78, 5) is 48.8. The van der Waals surface area contributed by atoms with E-state index in [-0.39, 0.29) is 16.9 Å². The summed E-state index contributed by atoms with van der Waals surface area (Å²) in [7, 11) is 0. The summed E-state index contributed by atoms with van der Waals surface area (Å²) in [6, 6.07) is 13.3. The van der Waals surface area contributed by atoms with Crippen molar-refractivity contribution in [3.63, 3.8) is 0 Å². The molecule has 9 heteroatoms. The van der Waals surface area contributed by atoms with Gasteiger partial charge in [0.05, 0.1) is 10.5 Å². The van der Waals surface area contributed by atoms with Gasteiger partial charge in [0.15, 0.2) is 6.61 Å². The monoisotopic (exact) mass is 367 g/mol. The number of hydrogen-bond donors (Lipinski definition) is 2. The number of H-pyrrole nitrogens is 1. The maximum atomic E-state index is 12.3. The molecule has 1 heterocycles. The highest BCUT2D eigenvalue weighted by atomic mass is 16.6. The Morgan fingerprint density at radius 1 is 1.11 bits per heavy atom. The Balaban J connectivity index is 1.72. The SMILES string of the molecule is O=C(COC(=O)c1cc(=O)[nH]c2ccccc12)Nc1ccccc1[N+](=O)[O-]. The Hall–Kier alpha value is -4.01. The van der Waals surface area contributed by atoms with E-state index in [0.717, 1.165) is 6.07 Å². The second kappa shape index (κ2) is 7.48. The highest BCUT2D eigenvalue weighted by Crippen LogP contribution is 2.23. The molecular weight excluding hydrogens is 354 g/mol. The lowest BCUT2D eigenvalue weighted by atomic mass is 10.1. The number of rotatable bonds is 5. The smallest absolute Gasteiger partial charge is 0.339 e. The Morgan fingerprint density at radius 2 is 1.81 bits per heavy atom. The molecule has 9 nitrogen and oxygen atoms in total. The second-order valence-corrected chi connectivity index (χ2v) is 5.49. The molecule has 0 bridgehead atoms. The summed E-state index contributed by atoms with van der Waals surface area (Å²) in [5.41, 5.74) is -0.290. The second-order valence-electron chi connectivity index (χ2n) is 5.49. The van der Waals surface area contributed by atoms with Crippen molar-refractivity contribution in [2.24, 2.45) is 0 Å². The third kappa shape index (κ3) is 3.98. The summed E-state index contributed by atoms with van der Waals surface area (Å²) < 4.78 is 4.95. The Bertz CT molecular complexity index is 1110. The van der Waals surface area contributed by atoms with Crippen molar-refractivity contribution in [1.82, 2.24) is 4.98 Å². The molecule has 0 atom stereocenters. The van der Waals surface area contributed by atoms with Gasteiger partial charge >= 0.3 is 5.97 Å². The van der Waals surface area contributed by atoms with Crippen LogP contribution in [0.3, 0.4) is 0 Å². The number of pyridine rings is 1. The fourth-order valence-corrected chi connectivity index (χ4v) is 2.51. The van der Waals surface area contributed by atoms with Gasteiger partial charge in [-0.2, -0.15) is 0 Å². The molecule has 136 valence electrons. The molecule has 3 rings (SSSR count). The highest BCUT2D eigenvalue weighted by molar-refractivity contribution is 6.04. The molecule has 0 spiro atoms. The number of nitrogens with one attached hydrogen (secondary N) is 2. The third-order valence-electron chi connectivity index (χ3n) is 3.68. The number of nitro groups is 1. The normalized spacial score (nSPS) is 10.4. The van der Waals surface area contributed by atoms with E-state index in [1.54, 1.807) is 24.3 Å². The lowest BCUT2D eigenvalue weighted by Gasteiger charge is -2.08. The van der Waals surface area contributed by atoms with E-state index in [0.29, 0.717) is 10.9 Å². The molecule has 0 aliphatic heterocycles. The number of esters is 1. The molecule has 0 unspecified atom stereocenters. The Labute approximate surface area is 151 Å². The number of amides is 1. The molecular formula is C18H13N3O6. The minimum Gasteiger partial charge on any atom is -0.452 e. The average Bonchev–Trinajstić information content (AvgIpc) is 2.65. The van der Waals surface area contributed by atoms with Gasteiger partial charge in [-0.25, -0.2) is 4.79 Å². The average molecular weight is 367 g/mol. The van der Waals surface area contributed by atoms with Crippen LogP contribution in [0.4, 0.5) is 11.4 Å². The molecule has 0 aliphatic carbocycles. The van der Waals surface area contributed by atoms with Crippen LogP contribution in [0.5, 0.6) is 0 Å². The molecule has 0 fully saturated rings. The number of carbonyl (C=O) groups excluding carboxylic acids is 2. The van der Waals surface area contributed by atoms with Gasteiger partial charge < -0.3 is 15.0 Å². The van der Waals surface area contributed by atoms with Crippen molar-refractivity contribution in [3.05, 3.63) is 80.6 Å². The van der Waals surface area contributed by atoms with Crippen LogP contribution in [-0.2, 0) is 9.53 Å². The van der Waals surface area contributed by atoms with Crippen LogP contribution in [0.25, 0.3) is 10.9 Å². The van der Waals surface area contributed by atoms with Gasteiger partial charge in [0.25, 0.3) is 11.6 Å². The van der Waals surface area contributed by atoms with Crippen LogP contribution in [0.2, 0.25) is 0 Å². The van der Waals surface area contributed by atoms with Crippen LogP contribution in [0.1, 0.15) is 10.4 Å². The van der Waals surface area contributed by atoms with Crippen molar-refractivity contribution >= 4 is 34.2 Å². The van der Waals surface area contributed by atoms with Gasteiger partial charge in [0.1, 0.15) is 5.69 Å². The molecule has 2 N–H and O–H groups in total. The number of benzene rings is 2. The van der Waals surface area contributed by atoms with Gasteiger partial charge in [-0.15, -0.1) is 0 Å². The van der Waals surface area contributed by atoms with E-state index in [1.165, 1.54) is 24.3 Å². The summed E-state index contributed by atoms with van der Waals surface area (Å²) >= 11 is 0. The first kappa shape index (κ1) is 17.8. The fourth-order valence-electron chi connectivity index (χ4n) is 2.51. The number of nitrogens with zero attached hydrogens (tertiary/aromatic N) is 1. The number of ether oxygens (including phenoxy) is 1. The highest BCUT2D eigenvalue weighted by Gasteiger charge is 2.17. The number of hydrogen-bond acceptors (Lipinski definition) is 6. The molecule has 27 heavy (non-hydrogen) atoms. The third-order valence-corrected chi connectivity index (χ3v) is 3.68. The lowest BCUT2D eigenvalue weighted by molar-refractivity contribution is -0.383. The van der Waals surface area contributed by atoms with Gasteiger partial charge in [0, 0.05) is 23.0 Å². The fraction of sp³-hybridized carbons (Fsp3) is 0.0556. The number of nitro benzene ring substituents is 1. The van der Waals surface area contributed by atoms with Crippen molar-refractivity contribution < 1.29 is 19.2 Å². The molecule has 0 radical (unpaired) electrons. The van der Waals surface area contributed by atoms with Gasteiger partial charge in [0.2, 0.25) is 5.56 Å². The zero-order valence-electron chi connectivity index (χ0n) is 13.8. The minimum absolute atomic E-state index is 0.00912. The maximum absolute atomic E-state index is 12.3. The Morgan fingerprint density at radius 3 is 2.59 bits per heavy atom. The zero-order chi connectivity index (χ0) is 19.4. The number of aromatic nitrogens is 1. The number of para-hydroxylation sites is 3. The number of aromatic amines is 1. The molecule has 0 saturated carbocycles. The maximum Gasteiger partial charge on any atom is 0.339 e. The van der Waals surface area contributed by atoms with Crippen molar-refractivity contribution in [2.45, 2.75) is 0 Å². The summed E-state index contributed by atoms with van der Waals surface area (Å²) in [5.74, 6) is -1.60. The van der Waals surface area contributed by atoms with Crippen LogP contribution in [0.15, 0.2) is 59.4 Å². The van der Waals surface area contributed by atoms with Crippen molar-refractivity contribution in [3.8, 4) is 0 Å². The van der Waals surface area contributed by atoms with E-state index >= 15 is 0 Å². The first-order valence-corrected chi connectivity index (χ1v) is 7.78. The zero-order valence-corrected chi connectivity index (χ0v) is 13.8. The summed E-state index contributed by atoms with van der Waals surface area (Å²) in [6.07, 6.45) is 0. The van der Waals surface area contributed by atoms with E-state index in [2.05, 4.69) is 10.3 Å². The van der Waals surface area contributed by atoms with Crippen molar-refractivity contribution in [1.29, 1.82) is 0 Å². The first-order valence-electron chi connectivity index (χ1n) is 7.78. The largest absolute Gasteiger partial charge is 0.452 e. The van der Waals surface area contributed by atoms with Crippen LogP contribution in [0, 0.1) is 10.1 Å². The number of fused-ring (bicyclic) bond motifs is 1. The van der Waals surface area contributed by atoms with E-state index in [4.69, 9.17) is 4.74 Å². The minimum atomic E-state index is -0.852. The molecule has 0 saturated heterocycles. The quantitative estimate of drug-likeness (QED) is 0.404. The molecule has 2 aromatic carbocycles. The lowest BCUT2D eigenvalue weighted by Crippen LogP contribution is -2.22. The van der Waals surface area contributed by atoms with Gasteiger partial charge in [-0.05, 0) is 12.1 Å². The van der Waals surface area contributed by atoms with Gasteiger partial charge in [-0.1, -0.05) is 30.3 Å². The molecule has 0 aliphatic rings. The van der Waals surface area contributed by atoms with E-state index in [9.17, 15) is 24.5 Å². The molecule has 3 aromatic rings. The number of carbonyl (C=O) groups is 2. The predicted octanol–water partition coefficient (Wildman–Crippen LogP) is 2.23. The van der Waals surface area contributed by atoms with Crippen LogP contribution >= 0.6 is 0 Å². The van der Waals surface area contributed by atoms with Gasteiger partial charge in [-0.3, -0.25) is 19.7 Å². The topological polar surface area (TPSA) is 131 Å².